The highest BCUT2D eigenvalue weighted by molar-refractivity contribution is 5.94. The fraction of sp³-hybridized carbons (Fsp3) is 0.0882. The van der Waals surface area contributed by atoms with Crippen molar-refractivity contribution in [3.63, 3.8) is 0 Å². The van der Waals surface area contributed by atoms with Crippen LogP contribution in [-0.2, 0) is 5.41 Å². The maximum Gasteiger partial charge on any atom is 0.228 e. The molecule has 0 spiro atoms. The molecule has 5 aromatic rings. The number of rotatable bonds is 3. The van der Waals surface area contributed by atoms with Crippen LogP contribution < -0.4 is 4.90 Å². The summed E-state index contributed by atoms with van der Waals surface area (Å²) in [5.41, 5.74) is 11.4. The molecule has 2 nitrogen and oxygen atoms in total. The van der Waals surface area contributed by atoms with Crippen LogP contribution in [0.5, 0.6) is 0 Å². The first-order chi connectivity index (χ1) is 17.7. The van der Waals surface area contributed by atoms with Gasteiger partial charge >= 0.3 is 0 Å². The molecule has 0 amide bonds. The molecule has 0 N–H and O–H groups in total. The molecule has 0 radical (unpaired) electrons. The summed E-state index contributed by atoms with van der Waals surface area (Å²) in [6.07, 6.45) is 2.31. The van der Waals surface area contributed by atoms with Crippen LogP contribution in [0.25, 0.3) is 11.1 Å². The zero-order chi connectivity index (χ0) is 24.1. The normalized spacial score (nSPS) is 15.0. The summed E-state index contributed by atoms with van der Waals surface area (Å²) in [4.78, 5) is 2.48. The van der Waals surface area contributed by atoms with E-state index >= 15 is 0 Å². The Bertz CT molecular complexity index is 1570. The molecule has 0 saturated carbocycles. The Morgan fingerprint density at radius 1 is 0.583 bits per heavy atom. The van der Waals surface area contributed by atoms with Gasteiger partial charge < -0.3 is 0 Å². The highest BCUT2D eigenvalue weighted by Crippen LogP contribution is 2.55. The van der Waals surface area contributed by atoms with Crippen LogP contribution in [-0.4, -0.2) is 17.5 Å². The molecule has 1 aliphatic heterocycles. The van der Waals surface area contributed by atoms with Crippen molar-refractivity contribution in [2.24, 2.45) is 0 Å². The monoisotopic (exact) mass is 463 g/mol. The molecule has 2 heteroatoms. The summed E-state index contributed by atoms with van der Waals surface area (Å²) < 4.78 is 2.35. The maximum atomic E-state index is 2.48. The molecule has 2 aliphatic rings. The SMILES string of the molecule is CC1(c2cccc3c2N(c2ccccc2)C[N+](c2ccccc2)=C3)c2ccccc2-c2ccccc21. The first-order valence-electron chi connectivity index (χ1n) is 12.6. The van der Waals surface area contributed by atoms with E-state index in [1.54, 1.807) is 0 Å². The van der Waals surface area contributed by atoms with Crippen LogP contribution in [0.1, 0.15) is 29.2 Å². The molecule has 7 rings (SSSR count). The summed E-state index contributed by atoms with van der Waals surface area (Å²) in [6, 6.07) is 46.1. The Morgan fingerprint density at radius 3 is 1.81 bits per heavy atom. The molecular formula is C34H27N2+. The predicted octanol–water partition coefficient (Wildman–Crippen LogP) is 7.89. The zero-order valence-electron chi connectivity index (χ0n) is 20.3. The lowest BCUT2D eigenvalue weighted by molar-refractivity contribution is -0.434. The lowest BCUT2D eigenvalue weighted by Gasteiger charge is -2.36. The van der Waals surface area contributed by atoms with Gasteiger partial charge in [0, 0.05) is 23.2 Å². The Morgan fingerprint density at radius 2 is 1.14 bits per heavy atom. The van der Waals surface area contributed by atoms with Crippen LogP contribution in [0.2, 0.25) is 0 Å². The van der Waals surface area contributed by atoms with Crippen molar-refractivity contribution < 1.29 is 4.58 Å². The number of benzene rings is 5. The van der Waals surface area contributed by atoms with E-state index in [9.17, 15) is 0 Å². The summed E-state index contributed by atoms with van der Waals surface area (Å²) >= 11 is 0. The lowest BCUT2D eigenvalue weighted by atomic mass is 9.72. The third-order valence-corrected chi connectivity index (χ3v) is 7.84. The van der Waals surface area contributed by atoms with Gasteiger partial charge in [-0.15, -0.1) is 0 Å². The van der Waals surface area contributed by atoms with Gasteiger partial charge in [-0.05, 0) is 52.9 Å². The molecule has 0 unspecified atom stereocenters. The van der Waals surface area contributed by atoms with Crippen molar-refractivity contribution in [2.45, 2.75) is 12.3 Å². The fourth-order valence-corrected chi connectivity index (χ4v) is 6.14. The first kappa shape index (κ1) is 20.9. The third kappa shape index (κ3) is 3.01. The van der Waals surface area contributed by atoms with Gasteiger partial charge in [-0.3, -0.25) is 4.90 Å². The molecule has 0 saturated heterocycles. The number of anilines is 2. The lowest BCUT2D eigenvalue weighted by Crippen LogP contribution is -2.35. The van der Waals surface area contributed by atoms with E-state index in [4.69, 9.17) is 0 Å². The molecule has 0 atom stereocenters. The molecular weight excluding hydrogens is 436 g/mol. The minimum absolute atomic E-state index is 0.256. The van der Waals surface area contributed by atoms with Crippen molar-refractivity contribution >= 4 is 23.3 Å². The summed E-state index contributed by atoms with van der Waals surface area (Å²) in [6.45, 7) is 3.15. The zero-order valence-corrected chi connectivity index (χ0v) is 20.3. The van der Waals surface area contributed by atoms with Gasteiger partial charge in [0.15, 0.2) is 6.21 Å². The van der Waals surface area contributed by atoms with Gasteiger partial charge in [0.2, 0.25) is 12.4 Å². The van der Waals surface area contributed by atoms with E-state index in [0.29, 0.717) is 0 Å². The van der Waals surface area contributed by atoms with Crippen molar-refractivity contribution in [1.82, 2.24) is 0 Å². The van der Waals surface area contributed by atoms with Crippen molar-refractivity contribution in [3.05, 3.63) is 150 Å². The predicted molar refractivity (Wildman–Crippen MR) is 149 cm³/mol. The molecule has 5 aromatic carbocycles. The second-order valence-corrected chi connectivity index (χ2v) is 9.80. The Labute approximate surface area is 212 Å². The first-order valence-corrected chi connectivity index (χ1v) is 12.6. The Kier molecular flexibility index (Phi) is 4.68. The summed E-state index contributed by atoms with van der Waals surface area (Å²) in [5.74, 6) is 0. The number of para-hydroxylation sites is 3. The highest BCUT2D eigenvalue weighted by atomic mass is 15.3. The van der Waals surface area contributed by atoms with E-state index in [1.807, 2.05) is 0 Å². The van der Waals surface area contributed by atoms with E-state index < -0.39 is 0 Å². The quantitative estimate of drug-likeness (QED) is 0.247. The highest BCUT2D eigenvalue weighted by Gasteiger charge is 2.44. The smallest absolute Gasteiger partial charge is 0.228 e. The van der Waals surface area contributed by atoms with E-state index in [-0.39, 0.29) is 5.41 Å². The molecule has 1 heterocycles. The minimum atomic E-state index is -0.256. The molecule has 0 bridgehead atoms. The van der Waals surface area contributed by atoms with E-state index in [2.05, 4.69) is 150 Å². The standard InChI is InChI=1S/C34H27N2/c1-34(30-20-10-8-18-28(30)29-19-9-11-21-31(29)34)32-22-12-13-25-23-35(26-14-4-2-5-15-26)24-36(33(25)32)27-16-6-3-7-17-27/h2-23H,24H2,1H3/q+1. The third-order valence-electron chi connectivity index (χ3n) is 7.84. The van der Waals surface area contributed by atoms with Gasteiger partial charge in [-0.25, -0.2) is 0 Å². The van der Waals surface area contributed by atoms with Gasteiger partial charge in [0.1, 0.15) is 0 Å². The maximum absolute atomic E-state index is 2.48. The topological polar surface area (TPSA) is 6.25 Å². The largest absolute Gasteiger partial charge is 0.285 e. The molecule has 0 aromatic heterocycles. The Hall–Kier alpha value is -4.43. The fourth-order valence-electron chi connectivity index (χ4n) is 6.14. The van der Waals surface area contributed by atoms with Crippen LogP contribution in [0, 0.1) is 0 Å². The van der Waals surface area contributed by atoms with E-state index in [1.165, 1.54) is 50.4 Å². The average molecular weight is 464 g/mol. The number of hydrogen-bond donors (Lipinski definition) is 0. The van der Waals surface area contributed by atoms with Gasteiger partial charge in [-0.2, -0.15) is 4.58 Å². The van der Waals surface area contributed by atoms with Gasteiger partial charge in [0.05, 0.1) is 11.3 Å². The number of hydrogen-bond acceptors (Lipinski definition) is 1. The van der Waals surface area contributed by atoms with Crippen LogP contribution in [0.15, 0.2) is 127 Å². The summed E-state index contributed by atoms with van der Waals surface area (Å²) in [7, 11) is 0. The van der Waals surface area contributed by atoms with Crippen LogP contribution in [0.3, 0.4) is 0 Å². The Balaban J connectivity index is 1.52. The molecule has 0 fully saturated rings. The van der Waals surface area contributed by atoms with E-state index in [0.717, 1.165) is 6.67 Å². The van der Waals surface area contributed by atoms with Crippen molar-refractivity contribution in [2.75, 3.05) is 11.6 Å². The molecule has 1 aliphatic carbocycles. The van der Waals surface area contributed by atoms with Gasteiger partial charge in [0.25, 0.3) is 0 Å². The second kappa shape index (κ2) is 8.07. The molecule has 36 heavy (non-hydrogen) atoms. The van der Waals surface area contributed by atoms with Crippen LogP contribution in [0.4, 0.5) is 17.1 Å². The van der Waals surface area contributed by atoms with Crippen molar-refractivity contribution in [3.8, 4) is 11.1 Å². The van der Waals surface area contributed by atoms with Crippen LogP contribution >= 0.6 is 0 Å². The second-order valence-electron chi connectivity index (χ2n) is 9.80. The average Bonchev–Trinajstić information content (AvgIpc) is 3.22. The number of nitrogens with zero attached hydrogens (tertiary/aromatic N) is 2. The molecule has 172 valence electrons. The minimum Gasteiger partial charge on any atom is -0.285 e. The summed E-state index contributed by atoms with van der Waals surface area (Å²) in [5, 5.41) is 0. The van der Waals surface area contributed by atoms with Gasteiger partial charge in [-0.1, -0.05) is 97.1 Å². The van der Waals surface area contributed by atoms with Crippen molar-refractivity contribution in [1.29, 1.82) is 0 Å². The number of fused-ring (bicyclic) bond motifs is 4.